The number of benzene rings is 1. The summed E-state index contributed by atoms with van der Waals surface area (Å²) in [6.07, 6.45) is 2.88. The number of carbonyl (C=O) groups excluding carboxylic acids is 1. The van der Waals surface area contributed by atoms with Gasteiger partial charge in [-0.15, -0.1) is 0 Å². The molecule has 1 aliphatic rings. The number of rotatable bonds is 1. The number of nitrogens with zero attached hydrogens (tertiary/aromatic N) is 1. The van der Waals surface area contributed by atoms with Crippen LogP contribution in [0.2, 0.25) is 0 Å². The lowest BCUT2D eigenvalue weighted by atomic mass is 9.99. The van der Waals surface area contributed by atoms with Crippen LogP contribution in [0, 0.1) is 5.82 Å². The largest absolute Gasteiger partial charge is 0.339 e. The molecule has 0 bridgehead atoms. The second-order valence-electron chi connectivity index (χ2n) is 3.95. The predicted molar refractivity (Wildman–Crippen MR) is 61.2 cm³/mol. The number of hydrogen-bond donors (Lipinski definition) is 0. The zero-order valence-corrected chi connectivity index (χ0v) is 9.24. The normalized spacial score (nSPS) is 15.9. The Bertz CT molecular complexity index is 422. The summed E-state index contributed by atoms with van der Waals surface area (Å²) in [5.41, 5.74) is 2.24. The van der Waals surface area contributed by atoms with Crippen LogP contribution in [0.15, 0.2) is 30.3 Å². The molecule has 0 saturated carbocycles. The maximum absolute atomic E-state index is 12.7. The number of carbonyl (C=O) groups is 1. The van der Waals surface area contributed by atoms with Crippen molar-refractivity contribution >= 4 is 11.5 Å². The molecular formula is C13H14FNO. The Labute approximate surface area is 94.4 Å². The van der Waals surface area contributed by atoms with E-state index in [9.17, 15) is 9.18 Å². The van der Waals surface area contributed by atoms with Gasteiger partial charge in [0.2, 0.25) is 5.91 Å². The molecule has 0 N–H and O–H groups in total. The van der Waals surface area contributed by atoms with Crippen LogP contribution < -0.4 is 0 Å². The molecule has 3 heteroatoms. The average molecular weight is 219 g/mol. The summed E-state index contributed by atoms with van der Waals surface area (Å²) in [7, 11) is 0. The monoisotopic (exact) mass is 219 g/mol. The van der Waals surface area contributed by atoms with Crippen LogP contribution in [-0.2, 0) is 4.79 Å². The van der Waals surface area contributed by atoms with Gasteiger partial charge in [0.05, 0.1) is 0 Å². The van der Waals surface area contributed by atoms with Gasteiger partial charge in [-0.25, -0.2) is 4.39 Å². The molecule has 1 amide bonds. The topological polar surface area (TPSA) is 20.3 Å². The van der Waals surface area contributed by atoms with Crippen LogP contribution in [0.5, 0.6) is 0 Å². The minimum absolute atomic E-state index is 0.106. The summed E-state index contributed by atoms with van der Waals surface area (Å²) in [5, 5.41) is 0. The van der Waals surface area contributed by atoms with E-state index in [1.165, 1.54) is 17.7 Å². The van der Waals surface area contributed by atoms with Crippen molar-refractivity contribution in [2.45, 2.75) is 13.3 Å². The van der Waals surface area contributed by atoms with Gasteiger partial charge in [-0.1, -0.05) is 18.2 Å². The van der Waals surface area contributed by atoms with Gasteiger partial charge in [-0.3, -0.25) is 4.79 Å². The van der Waals surface area contributed by atoms with Gasteiger partial charge in [0.1, 0.15) is 5.82 Å². The van der Waals surface area contributed by atoms with E-state index in [2.05, 4.69) is 0 Å². The van der Waals surface area contributed by atoms with Crippen molar-refractivity contribution in [3.63, 3.8) is 0 Å². The molecule has 1 aliphatic heterocycles. The van der Waals surface area contributed by atoms with Crippen molar-refractivity contribution in [3.8, 4) is 0 Å². The summed E-state index contributed by atoms with van der Waals surface area (Å²) in [5.74, 6) is -0.111. The molecule has 0 aliphatic carbocycles. The van der Waals surface area contributed by atoms with Crippen molar-refractivity contribution in [2.75, 3.05) is 13.1 Å². The average Bonchev–Trinajstić information content (AvgIpc) is 2.30. The van der Waals surface area contributed by atoms with E-state index in [1.807, 2.05) is 6.08 Å². The fourth-order valence-corrected chi connectivity index (χ4v) is 1.88. The Morgan fingerprint density at radius 2 is 2.00 bits per heavy atom. The summed E-state index contributed by atoms with van der Waals surface area (Å²) in [6.45, 7) is 2.98. The predicted octanol–water partition coefficient (Wildman–Crippen LogP) is 2.46. The highest BCUT2D eigenvalue weighted by Crippen LogP contribution is 2.22. The molecule has 84 valence electrons. The first kappa shape index (κ1) is 10.9. The standard InChI is InChI=1S/C13H14FNO/c1-10(16)15-8-6-12(7-9-15)11-2-4-13(14)5-3-11/h2-6H,7-9H2,1H3. The molecule has 16 heavy (non-hydrogen) atoms. The third kappa shape index (κ3) is 2.30. The van der Waals surface area contributed by atoms with E-state index in [1.54, 1.807) is 24.0 Å². The van der Waals surface area contributed by atoms with E-state index < -0.39 is 0 Å². The minimum Gasteiger partial charge on any atom is -0.339 e. The van der Waals surface area contributed by atoms with Crippen LogP contribution in [0.25, 0.3) is 5.57 Å². The van der Waals surface area contributed by atoms with Crippen molar-refractivity contribution in [1.29, 1.82) is 0 Å². The Morgan fingerprint density at radius 3 is 2.50 bits per heavy atom. The van der Waals surface area contributed by atoms with Crippen LogP contribution in [0.1, 0.15) is 18.9 Å². The quantitative estimate of drug-likeness (QED) is 0.710. The van der Waals surface area contributed by atoms with Crippen molar-refractivity contribution in [3.05, 3.63) is 41.7 Å². The summed E-state index contributed by atoms with van der Waals surface area (Å²) >= 11 is 0. The third-order valence-electron chi connectivity index (χ3n) is 2.87. The molecule has 0 atom stereocenters. The zero-order chi connectivity index (χ0) is 11.5. The second kappa shape index (κ2) is 4.47. The first-order chi connectivity index (χ1) is 7.66. The maximum Gasteiger partial charge on any atom is 0.219 e. The molecule has 0 aromatic heterocycles. The number of amides is 1. The second-order valence-corrected chi connectivity index (χ2v) is 3.95. The van der Waals surface area contributed by atoms with Gasteiger partial charge < -0.3 is 4.90 Å². The van der Waals surface area contributed by atoms with Crippen molar-refractivity contribution < 1.29 is 9.18 Å². The van der Waals surface area contributed by atoms with E-state index in [0.29, 0.717) is 6.54 Å². The van der Waals surface area contributed by atoms with E-state index in [4.69, 9.17) is 0 Å². The lowest BCUT2D eigenvalue weighted by Crippen LogP contribution is -2.32. The number of halogens is 1. The molecule has 2 rings (SSSR count). The Kier molecular flexibility index (Phi) is 3.04. The van der Waals surface area contributed by atoms with Gasteiger partial charge in [0.25, 0.3) is 0 Å². The zero-order valence-electron chi connectivity index (χ0n) is 9.24. The third-order valence-corrected chi connectivity index (χ3v) is 2.87. The molecule has 1 aromatic rings. The fourth-order valence-electron chi connectivity index (χ4n) is 1.88. The first-order valence-corrected chi connectivity index (χ1v) is 5.37. The lowest BCUT2D eigenvalue weighted by molar-refractivity contribution is -0.128. The van der Waals surface area contributed by atoms with Gasteiger partial charge in [-0.05, 0) is 29.7 Å². The van der Waals surface area contributed by atoms with Gasteiger partial charge in [-0.2, -0.15) is 0 Å². The van der Waals surface area contributed by atoms with Crippen LogP contribution in [0.4, 0.5) is 4.39 Å². The molecule has 2 nitrogen and oxygen atoms in total. The van der Waals surface area contributed by atoms with Crippen molar-refractivity contribution in [1.82, 2.24) is 4.90 Å². The SMILES string of the molecule is CC(=O)N1CC=C(c2ccc(F)cc2)CC1. The Hall–Kier alpha value is -1.64. The molecule has 0 unspecified atom stereocenters. The highest BCUT2D eigenvalue weighted by atomic mass is 19.1. The van der Waals surface area contributed by atoms with E-state index in [0.717, 1.165) is 18.5 Å². The van der Waals surface area contributed by atoms with Gasteiger partial charge in [0, 0.05) is 20.0 Å². The van der Waals surface area contributed by atoms with Gasteiger partial charge >= 0.3 is 0 Å². The van der Waals surface area contributed by atoms with Crippen molar-refractivity contribution in [2.24, 2.45) is 0 Å². The molecule has 0 radical (unpaired) electrons. The van der Waals surface area contributed by atoms with Crippen LogP contribution in [0.3, 0.4) is 0 Å². The van der Waals surface area contributed by atoms with Crippen LogP contribution >= 0.6 is 0 Å². The summed E-state index contributed by atoms with van der Waals surface area (Å²) in [4.78, 5) is 12.9. The first-order valence-electron chi connectivity index (χ1n) is 5.37. The Morgan fingerprint density at radius 1 is 1.31 bits per heavy atom. The molecule has 0 saturated heterocycles. The van der Waals surface area contributed by atoms with Crippen LogP contribution in [-0.4, -0.2) is 23.9 Å². The highest BCUT2D eigenvalue weighted by molar-refractivity contribution is 5.76. The fraction of sp³-hybridized carbons (Fsp3) is 0.308. The summed E-state index contributed by atoms with van der Waals surface area (Å²) in [6, 6.07) is 6.50. The van der Waals surface area contributed by atoms with E-state index >= 15 is 0 Å². The molecular weight excluding hydrogens is 205 g/mol. The smallest absolute Gasteiger partial charge is 0.219 e. The maximum atomic E-state index is 12.7. The number of hydrogen-bond acceptors (Lipinski definition) is 1. The van der Waals surface area contributed by atoms with Gasteiger partial charge in [0.15, 0.2) is 0 Å². The Balaban J connectivity index is 2.13. The molecule has 1 heterocycles. The molecule has 1 aromatic carbocycles. The minimum atomic E-state index is -0.217. The molecule has 0 fully saturated rings. The molecule has 0 spiro atoms. The summed E-state index contributed by atoms with van der Waals surface area (Å²) < 4.78 is 12.7. The lowest BCUT2D eigenvalue weighted by Gasteiger charge is -2.25. The highest BCUT2D eigenvalue weighted by Gasteiger charge is 2.14. The van der Waals surface area contributed by atoms with E-state index in [-0.39, 0.29) is 11.7 Å².